The summed E-state index contributed by atoms with van der Waals surface area (Å²) in [5, 5.41) is 3.31. The van der Waals surface area contributed by atoms with Crippen molar-refractivity contribution in [3.63, 3.8) is 0 Å². The van der Waals surface area contributed by atoms with Gasteiger partial charge in [0.15, 0.2) is 5.84 Å². The molecule has 116 valence electrons. The number of rotatable bonds is 1. The highest BCUT2D eigenvalue weighted by Crippen LogP contribution is 2.50. The predicted octanol–water partition coefficient (Wildman–Crippen LogP) is 3.27. The van der Waals surface area contributed by atoms with E-state index >= 15 is 0 Å². The molecule has 2 heterocycles. The highest BCUT2D eigenvalue weighted by molar-refractivity contribution is 6.30. The molecule has 0 aliphatic carbocycles. The lowest BCUT2D eigenvalue weighted by Crippen LogP contribution is -2.51. The molecule has 1 spiro atoms. The Morgan fingerprint density at radius 3 is 2.52 bits per heavy atom. The second-order valence-electron chi connectivity index (χ2n) is 5.19. The average Bonchev–Trinajstić information content (AvgIpc) is 3.31. The molecule has 1 fully saturated rings. The third-order valence-electron chi connectivity index (χ3n) is 3.57. The first-order valence-electron chi connectivity index (χ1n) is 6.98. The number of amidine groups is 1. The van der Waals surface area contributed by atoms with Crippen LogP contribution in [0.2, 0.25) is 5.02 Å². The monoisotopic (exact) mass is 329 g/mol. The number of anilines is 2. The van der Waals surface area contributed by atoms with Crippen LogP contribution < -0.4 is 10.2 Å². The predicted molar refractivity (Wildman–Crippen MR) is 85.8 cm³/mol. The van der Waals surface area contributed by atoms with Crippen LogP contribution in [0, 0.1) is 0 Å². The maximum atomic E-state index is 11.5. The van der Waals surface area contributed by atoms with Crippen LogP contribution in [0.15, 0.2) is 53.5 Å². The summed E-state index contributed by atoms with van der Waals surface area (Å²) in [7, 11) is 0. The van der Waals surface area contributed by atoms with E-state index in [2.05, 4.69) is 10.3 Å². The molecule has 2 aromatic carbocycles. The molecule has 1 saturated heterocycles. The third-order valence-corrected chi connectivity index (χ3v) is 3.82. The van der Waals surface area contributed by atoms with Crippen molar-refractivity contribution in [3.05, 3.63) is 53.6 Å². The number of carbonyl (C=O) groups is 1. The smallest absolute Gasteiger partial charge is 0.308 e. The molecule has 0 bridgehead atoms. The first kappa shape index (κ1) is 14.2. The summed E-state index contributed by atoms with van der Waals surface area (Å²) in [6.45, 7) is 1.41. The van der Waals surface area contributed by atoms with Crippen molar-refractivity contribution in [2.75, 3.05) is 4.90 Å². The second kappa shape index (κ2) is 5.06. The fourth-order valence-electron chi connectivity index (χ4n) is 2.57. The van der Waals surface area contributed by atoms with Crippen LogP contribution in [0.4, 0.5) is 17.1 Å². The first-order valence-corrected chi connectivity index (χ1v) is 7.36. The summed E-state index contributed by atoms with van der Waals surface area (Å²) in [5.41, 5.74) is 2.31. The third kappa shape index (κ3) is 2.28. The molecule has 4 rings (SSSR count). The molecule has 0 atom stereocenters. The molecule has 7 heteroatoms. The Balaban J connectivity index is 1.88. The number of nitrogens with one attached hydrogen (secondary N) is 1. The average molecular weight is 330 g/mol. The fourth-order valence-corrected chi connectivity index (χ4v) is 2.70. The van der Waals surface area contributed by atoms with Gasteiger partial charge in [0.1, 0.15) is 0 Å². The van der Waals surface area contributed by atoms with Gasteiger partial charge in [-0.25, -0.2) is 4.99 Å². The molecule has 1 N–H and O–H groups in total. The minimum atomic E-state index is -1.26. The Bertz CT molecular complexity index is 816. The molecule has 1 amide bonds. The van der Waals surface area contributed by atoms with Crippen LogP contribution in [0.3, 0.4) is 0 Å². The number of aliphatic imine (C=N–C) groups is 1. The van der Waals surface area contributed by atoms with Crippen LogP contribution in [0.5, 0.6) is 0 Å². The van der Waals surface area contributed by atoms with E-state index in [0.29, 0.717) is 16.5 Å². The van der Waals surface area contributed by atoms with E-state index in [4.69, 9.17) is 21.4 Å². The highest BCUT2D eigenvalue weighted by atomic mass is 35.5. The normalized spacial score (nSPS) is 17.5. The lowest BCUT2D eigenvalue weighted by molar-refractivity contribution is -0.117. The maximum absolute atomic E-state index is 11.5. The zero-order valence-electron chi connectivity index (χ0n) is 12.1. The van der Waals surface area contributed by atoms with Crippen LogP contribution in [0.25, 0.3) is 0 Å². The van der Waals surface area contributed by atoms with Crippen LogP contribution in [-0.2, 0) is 14.6 Å². The van der Waals surface area contributed by atoms with E-state index in [1.54, 1.807) is 12.1 Å². The molecule has 0 saturated carbocycles. The standard InChI is InChI=1S/C16H12ClN3O3/c1-10(21)18-15-16(22-23-16)20(12-8-6-11(17)7-9-12)14-5-3-2-4-13(14)19-15/h2-9H,1H3,(H,18,19,21). The number of carbonyl (C=O) groups excluding carboxylic acids is 1. The van der Waals surface area contributed by atoms with Gasteiger partial charge in [0, 0.05) is 17.6 Å². The quantitative estimate of drug-likeness (QED) is 0.644. The van der Waals surface area contributed by atoms with Crippen molar-refractivity contribution in [1.29, 1.82) is 0 Å². The van der Waals surface area contributed by atoms with E-state index in [0.717, 1.165) is 11.4 Å². The Morgan fingerprint density at radius 2 is 1.87 bits per heavy atom. The molecule has 2 aliphatic rings. The van der Waals surface area contributed by atoms with E-state index in [9.17, 15) is 4.79 Å². The molecule has 2 aliphatic heterocycles. The summed E-state index contributed by atoms with van der Waals surface area (Å²) in [6.07, 6.45) is 0. The van der Waals surface area contributed by atoms with Gasteiger partial charge in [0.2, 0.25) is 5.91 Å². The fraction of sp³-hybridized carbons (Fsp3) is 0.125. The molecular weight excluding hydrogens is 318 g/mol. The molecule has 2 aromatic rings. The van der Waals surface area contributed by atoms with Crippen molar-refractivity contribution in [2.45, 2.75) is 12.8 Å². The van der Waals surface area contributed by atoms with E-state index in [-0.39, 0.29) is 5.91 Å². The number of amides is 1. The number of hydrogen-bond acceptors (Lipinski definition) is 5. The zero-order chi connectivity index (χ0) is 16.0. The molecular formula is C16H12ClN3O3. The Morgan fingerprint density at radius 1 is 1.17 bits per heavy atom. The van der Waals surface area contributed by atoms with Crippen molar-refractivity contribution in [1.82, 2.24) is 5.32 Å². The SMILES string of the molecule is CC(=O)NC1=Nc2ccccc2N(c2ccc(Cl)cc2)C12OO2. The van der Waals surface area contributed by atoms with Gasteiger partial charge in [-0.2, -0.15) is 9.78 Å². The molecule has 0 radical (unpaired) electrons. The maximum Gasteiger partial charge on any atom is 0.373 e. The minimum Gasteiger partial charge on any atom is -0.308 e. The topological polar surface area (TPSA) is 69.8 Å². The molecule has 6 nitrogen and oxygen atoms in total. The number of halogens is 1. The lowest BCUT2D eigenvalue weighted by atomic mass is 10.1. The first-order chi connectivity index (χ1) is 11.1. The van der Waals surface area contributed by atoms with E-state index in [1.165, 1.54) is 6.92 Å². The van der Waals surface area contributed by atoms with Gasteiger partial charge in [-0.1, -0.05) is 23.7 Å². The Labute approximate surface area is 137 Å². The van der Waals surface area contributed by atoms with Gasteiger partial charge in [-0.3, -0.25) is 9.69 Å². The van der Waals surface area contributed by atoms with E-state index < -0.39 is 5.91 Å². The minimum absolute atomic E-state index is 0.252. The van der Waals surface area contributed by atoms with Gasteiger partial charge in [-0.05, 0) is 36.4 Å². The Hall–Kier alpha value is -2.41. The zero-order valence-corrected chi connectivity index (χ0v) is 12.9. The summed E-state index contributed by atoms with van der Waals surface area (Å²) in [5.74, 6) is -1.22. The van der Waals surface area contributed by atoms with Gasteiger partial charge >= 0.3 is 5.91 Å². The van der Waals surface area contributed by atoms with Crippen molar-refractivity contribution in [2.24, 2.45) is 4.99 Å². The summed E-state index contributed by atoms with van der Waals surface area (Å²) in [6, 6.07) is 14.8. The number of hydrogen-bond donors (Lipinski definition) is 1. The number of para-hydroxylation sites is 2. The Kier molecular flexibility index (Phi) is 3.12. The van der Waals surface area contributed by atoms with Crippen LogP contribution in [-0.4, -0.2) is 17.7 Å². The molecule has 0 unspecified atom stereocenters. The van der Waals surface area contributed by atoms with Gasteiger partial charge in [0.05, 0.1) is 11.4 Å². The van der Waals surface area contributed by atoms with Gasteiger partial charge in [0.25, 0.3) is 0 Å². The number of nitrogens with zero attached hydrogens (tertiary/aromatic N) is 2. The van der Waals surface area contributed by atoms with E-state index in [1.807, 2.05) is 41.3 Å². The molecule has 0 aromatic heterocycles. The van der Waals surface area contributed by atoms with Crippen LogP contribution >= 0.6 is 11.6 Å². The van der Waals surface area contributed by atoms with Crippen molar-refractivity contribution >= 4 is 40.4 Å². The number of benzene rings is 2. The highest BCUT2D eigenvalue weighted by Gasteiger charge is 2.63. The second-order valence-corrected chi connectivity index (χ2v) is 5.63. The summed E-state index contributed by atoms with van der Waals surface area (Å²) in [4.78, 5) is 28.3. The molecule has 23 heavy (non-hydrogen) atoms. The van der Waals surface area contributed by atoms with Crippen molar-refractivity contribution in [3.8, 4) is 0 Å². The lowest BCUT2D eigenvalue weighted by Gasteiger charge is -2.32. The van der Waals surface area contributed by atoms with Crippen LogP contribution in [0.1, 0.15) is 6.92 Å². The summed E-state index contributed by atoms with van der Waals surface area (Å²) < 4.78 is 0. The van der Waals surface area contributed by atoms with Gasteiger partial charge < -0.3 is 5.32 Å². The van der Waals surface area contributed by atoms with Gasteiger partial charge in [-0.15, -0.1) is 0 Å². The summed E-state index contributed by atoms with van der Waals surface area (Å²) >= 11 is 5.97. The number of fused-ring (bicyclic) bond motifs is 1. The largest absolute Gasteiger partial charge is 0.373 e. The van der Waals surface area contributed by atoms with Crippen molar-refractivity contribution < 1.29 is 14.6 Å².